The molecule has 0 bridgehead atoms. The first-order valence-corrected chi connectivity index (χ1v) is 7.68. The van der Waals surface area contributed by atoms with E-state index in [2.05, 4.69) is 10.3 Å². The molecule has 3 rings (SSSR count). The number of hydrogen-bond donors (Lipinski definition) is 1. The molecule has 0 saturated heterocycles. The number of rotatable bonds is 5. The molecule has 2 aromatic heterocycles. The van der Waals surface area contributed by atoms with E-state index >= 15 is 0 Å². The number of ether oxygens (including phenoxy) is 3. The normalized spacial score (nSPS) is 22.4. The standard InChI is InChI=1S/C17H19N3O5/c1-20-14-11(5-4-8-18-14)9-12(16(20)22)15(21)19-10-17(24-3)7-6-13(23-2)25-17/h4-9,13H,10H2,1-3H3,(H,19,21)/t13-,17-/m0/s1. The molecule has 8 nitrogen and oxygen atoms in total. The van der Waals surface area contributed by atoms with Crippen LogP contribution in [-0.4, -0.2) is 48.3 Å². The van der Waals surface area contributed by atoms with Gasteiger partial charge in [-0.05, 0) is 30.4 Å². The Labute approximate surface area is 144 Å². The number of methoxy groups -OCH3 is 2. The Kier molecular flexibility index (Phi) is 4.67. The smallest absolute Gasteiger partial charge is 0.264 e. The fourth-order valence-corrected chi connectivity index (χ4v) is 2.67. The van der Waals surface area contributed by atoms with E-state index in [1.54, 1.807) is 37.5 Å². The number of aryl methyl sites for hydroxylation is 1. The van der Waals surface area contributed by atoms with Gasteiger partial charge in [0.05, 0.1) is 6.54 Å². The zero-order valence-corrected chi connectivity index (χ0v) is 14.2. The lowest BCUT2D eigenvalue weighted by atomic mass is 10.2. The molecular formula is C17H19N3O5. The summed E-state index contributed by atoms with van der Waals surface area (Å²) in [5.74, 6) is -1.64. The minimum Gasteiger partial charge on any atom is -0.352 e. The van der Waals surface area contributed by atoms with Crippen LogP contribution in [-0.2, 0) is 21.3 Å². The first-order valence-electron chi connectivity index (χ1n) is 7.68. The molecule has 1 aliphatic heterocycles. The van der Waals surface area contributed by atoms with Crippen LogP contribution in [0.2, 0.25) is 0 Å². The van der Waals surface area contributed by atoms with Crippen molar-refractivity contribution in [1.82, 2.24) is 14.9 Å². The number of hydrogen-bond acceptors (Lipinski definition) is 6. The summed E-state index contributed by atoms with van der Waals surface area (Å²) in [5, 5.41) is 3.38. The predicted octanol–water partition coefficient (Wildman–Crippen LogP) is 0.565. The lowest BCUT2D eigenvalue weighted by molar-refractivity contribution is -0.238. The maximum absolute atomic E-state index is 12.5. The summed E-state index contributed by atoms with van der Waals surface area (Å²) in [6.45, 7) is 0.0346. The zero-order chi connectivity index (χ0) is 18.0. The number of carbonyl (C=O) groups excluding carboxylic acids is 1. The minimum absolute atomic E-state index is 0.0273. The number of fused-ring (bicyclic) bond motifs is 1. The molecule has 1 aliphatic rings. The monoisotopic (exact) mass is 345 g/mol. The van der Waals surface area contributed by atoms with Gasteiger partial charge in [-0.1, -0.05) is 0 Å². The first-order chi connectivity index (χ1) is 12.0. The third kappa shape index (κ3) is 3.19. The van der Waals surface area contributed by atoms with E-state index in [1.165, 1.54) is 24.9 Å². The van der Waals surface area contributed by atoms with Gasteiger partial charge in [0.25, 0.3) is 11.5 Å². The quantitative estimate of drug-likeness (QED) is 0.797. The van der Waals surface area contributed by atoms with E-state index in [4.69, 9.17) is 14.2 Å². The molecule has 1 N–H and O–H groups in total. The van der Waals surface area contributed by atoms with Crippen LogP contribution in [0, 0.1) is 0 Å². The predicted molar refractivity (Wildman–Crippen MR) is 90.1 cm³/mol. The largest absolute Gasteiger partial charge is 0.352 e. The van der Waals surface area contributed by atoms with Crippen LogP contribution in [0.25, 0.3) is 11.0 Å². The second kappa shape index (κ2) is 6.75. The van der Waals surface area contributed by atoms with Gasteiger partial charge in [0, 0.05) is 32.9 Å². The van der Waals surface area contributed by atoms with Crippen LogP contribution in [0.5, 0.6) is 0 Å². The summed E-state index contributed by atoms with van der Waals surface area (Å²) in [6.07, 6.45) is 4.41. The molecule has 8 heteroatoms. The van der Waals surface area contributed by atoms with Gasteiger partial charge in [-0.25, -0.2) is 4.98 Å². The molecule has 132 valence electrons. The van der Waals surface area contributed by atoms with Crippen LogP contribution in [0.3, 0.4) is 0 Å². The van der Waals surface area contributed by atoms with Crippen LogP contribution in [0.15, 0.2) is 41.3 Å². The van der Waals surface area contributed by atoms with Gasteiger partial charge in [-0.3, -0.25) is 14.2 Å². The van der Waals surface area contributed by atoms with Gasteiger partial charge in [-0.15, -0.1) is 0 Å². The van der Waals surface area contributed by atoms with Gasteiger partial charge in [0.2, 0.25) is 5.79 Å². The highest BCUT2D eigenvalue weighted by Crippen LogP contribution is 2.24. The summed E-state index contributed by atoms with van der Waals surface area (Å²) >= 11 is 0. The maximum Gasteiger partial charge on any atom is 0.264 e. The molecule has 0 spiro atoms. The van der Waals surface area contributed by atoms with Crippen molar-refractivity contribution >= 4 is 16.9 Å². The van der Waals surface area contributed by atoms with Gasteiger partial charge in [-0.2, -0.15) is 0 Å². The van der Waals surface area contributed by atoms with Crippen molar-refractivity contribution in [1.29, 1.82) is 0 Å². The van der Waals surface area contributed by atoms with E-state index in [0.717, 1.165) is 0 Å². The van der Waals surface area contributed by atoms with E-state index in [0.29, 0.717) is 11.0 Å². The third-order valence-electron chi connectivity index (χ3n) is 4.11. The lowest BCUT2D eigenvalue weighted by Gasteiger charge is -2.27. The van der Waals surface area contributed by atoms with Gasteiger partial charge in [0.15, 0.2) is 6.29 Å². The summed E-state index contributed by atoms with van der Waals surface area (Å²) < 4.78 is 17.4. The molecule has 2 atom stereocenters. The second-order valence-corrected chi connectivity index (χ2v) is 5.62. The number of nitrogens with one attached hydrogen (secondary N) is 1. The highest BCUT2D eigenvalue weighted by Gasteiger charge is 2.36. The summed E-state index contributed by atoms with van der Waals surface area (Å²) in [5.41, 5.74) is 0.120. The van der Waals surface area contributed by atoms with Crippen molar-refractivity contribution in [3.8, 4) is 0 Å². The molecule has 0 radical (unpaired) electrons. The molecule has 25 heavy (non-hydrogen) atoms. The highest BCUT2D eigenvalue weighted by atomic mass is 16.8. The third-order valence-corrected chi connectivity index (χ3v) is 4.11. The summed E-state index contributed by atoms with van der Waals surface area (Å²) in [6, 6.07) is 5.07. The number of amides is 1. The highest BCUT2D eigenvalue weighted by molar-refractivity contribution is 5.96. The van der Waals surface area contributed by atoms with Crippen molar-refractivity contribution < 1.29 is 19.0 Å². The number of nitrogens with zero attached hydrogens (tertiary/aromatic N) is 2. The minimum atomic E-state index is -1.13. The van der Waals surface area contributed by atoms with Crippen molar-refractivity contribution in [2.45, 2.75) is 12.1 Å². The Hall–Kier alpha value is -2.55. The summed E-state index contributed by atoms with van der Waals surface area (Å²) in [4.78, 5) is 29.1. The van der Waals surface area contributed by atoms with Gasteiger partial charge < -0.3 is 19.5 Å². The first kappa shape index (κ1) is 17.3. The van der Waals surface area contributed by atoms with Crippen molar-refractivity contribution in [3.63, 3.8) is 0 Å². The van der Waals surface area contributed by atoms with E-state index < -0.39 is 23.5 Å². The Balaban J connectivity index is 1.82. The van der Waals surface area contributed by atoms with Crippen LogP contribution in [0.1, 0.15) is 10.4 Å². The van der Waals surface area contributed by atoms with Gasteiger partial charge in [0.1, 0.15) is 11.2 Å². The molecule has 2 aromatic rings. The van der Waals surface area contributed by atoms with E-state index in [1.807, 2.05) is 0 Å². The Morgan fingerprint density at radius 3 is 2.96 bits per heavy atom. The average Bonchev–Trinajstić information content (AvgIpc) is 3.07. The molecule has 1 amide bonds. The van der Waals surface area contributed by atoms with Crippen LogP contribution >= 0.6 is 0 Å². The SMILES string of the molecule is CO[C@@H]1C=C[C@](CNC(=O)c2cc3cccnc3n(C)c2=O)(OC)O1. The molecule has 3 heterocycles. The molecule has 0 aliphatic carbocycles. The fourth-order valence-electron chi connectivity index (χ4n) is 2.67. The average molecular weight is 345 g/mol. The molecule has 0 fully saturated rings. The van der Waals surface area contributed by atoms with Crippen molar-refractivity contribution in [2.75, 3.05) is 20.8 Å². The Morgan fingerprint density at radius 1 is 1.48 bits per heavy atom. The molecule has 0 aromatic carbocycles. The van der Waals surface area contributed by atoms with Gasteiger partial charge >= 0.3 is 0 Å². The summed E-state index contributed by atoms with van der Waals surface area (Å²) in [7, 11) is 4.55. The topological polar surface area (TPSA) is 91.7 Å². The fraction of sp³-hybridized carbons (Fsp3) is 0.353. The lowest BCUT2D eigenvalue weighted by Crippen LogP contribution is -2.45. The number of carbonyl (C=O) groups is 1. The number of aromatic nitrogens is 2. The van der Waals surface area contributed by atoms with Crippen molar-refractivity contribution in [2.24, 2.45) is 7.05 Å². The second-order valence-electron chi connectivity index (χ2n) is 5.62. The van der Waals surface area contributed by atoms with Crippen LogP contribution in [0.4, 0.5) is 0 Å². The van der Waals surface area contributed by atoms with E-state index in [9.17, 15) is 9.59 Å². The Bertz CT molecular complexity index is 891. The number of pyridine rings is 2. The maximum atomic E-state index is 12.5. The molecule has 0 unspecified atom stereocenters. The molecule has 0 saturated carbocycles. The van der Waals surface area contributed by atoms with E-state index in [-0.39, 0.29) is 12.1 Å². The molecular weight excluding hydrogens is 326 g/mol. The van der Waals surface area contributed by atoms with Crippen LogP contribution < -0.4 is 10.9 Å². The zero-order valence-electron chi connectivity index (χ0n) is 14.2. The van der Waals surface area contributed by atoms with Crippen molar-refractivity contribution in [3.05, 3.63) is 52.5 Å². The Morgan fingerprint density at radius 2 is 2.28 bits per heavy atom.